The van der Waals surface area contributed by atoms with E-state index in [1.54, 1.807) is 30.7 Å². The quantitative estimate of drug-likeness (QED) is 0.627. The zero-order valence-electron chi connectivity index (χ0n) is 6.62. The first-order chi connectivity index (χ1) is 6.40. The highest BCUT2D eigenvalue weighted by molar-refractivity contribution is 5.30. The highest BCUT2D eigenvalue weighted by atomic mass is 15.5. The molecule has 2 aromatic rings. The zero-order valence-corrected chi connectivity index (χ0v) is 6.62. The van der Waals surface area contributed by atoms with E-state index in [4.69, 9.17) is 5.26 Å². The van der Waals surface area contributed by atoms with Crippen molar-refractivity contribution in [3.63, 3.8) is 0 Å². The summed E-state index contributed by atoms with van der Waals surface area (Å²) in [5.41, 5.74) is 1.12. The molecule has 0 bridgehead atoms. The summed E-state index contributed by atoms with van der Waals surface area (Å²) in [6.07, 6.45) is 4.72. The smallest absolute Gasteiger partial charge is 0.140 e. The second-order valence-corrected chi connectivity index (χ2v) is 2.33. The molecule has 0 amide bonds. The molecule has 0 saturated carbocycles. The van der Waals surface area contributed by atoms with Gasteiger partial charge in [0.1, 0.15) is 17.5 Å². The van der Waals surface area contributed by atoms with Crippen LogP contribution in [0.2, 0.25) is 0 Å². The summed E-state index contributed by atoms with van der Waals surface area (Å²) in [5.74, 6) is 0. The second-order valence-electron chi connectivity index (χ2n) is 2.33. The molecule has 2 rings (SSSR count). The molecule has 2 heterocycles. The van der Waals surface area contributed by atoms with Crippen molar-refractivity contribution in [1.29, 1.82) is 5.26 Å². The van der Waals surface area contributed by atoms with Crippen LogP contribution in [0.15, 0.2) is 30.7 Å². The van der Waals surface area contributed by atoms with Gasteiger partial charge in [-0.15, -0.1) is 0 Å². The first kappa shape index (κ1) is 7.43. The van der Waals surface area contributed by atoms with E-state index in [2.05, 4.69) is 15.2 Å². The normalized spacial score (nSPS) is 9.46. The fourth-order valence-electron chi connectivity index (χ4n) is 0.920. The van der Waals surface area contributed by atoms with Crippen LogP contribution < -0.4 is 0 Å². The van der Waals surface area contributed by atoms with Gasteiger partial charge >= 0.3 is 0 Å². The topological polar surface area (TPSA) is 67.4 Å². The Morgan fingerprint density at radius 1 is 1.23 bits per heavy atom. The van der Waals surface area contributed by atoms with Gasteiger partial charge in [0, 0.05) is 0 Å². The molecule has 13 heavy (non-hydrogen) atoms. The molecule has 2 aromatic heterocycles. The standard InChI is InChI=1S/C8H5N5/c9-5-7-1-2-8(6-10-7)13-11-3-4-12-13/h1-4,6H. The van der Waals surface area contributed by atoms with Crippen LogP contribution in [0, 0.1) is 11.3 Å². The molecule has 0 fully saturated rings. The van der Waals surface area contributed by atoms with Crippen LogP contribution in [0.5, 0.6) is 0 Å². The van der Waals surface area contributed by atoms with E-state index in [0.29, 0.717) is 5.69 Å². The van der Waals surface area contributed by atoms with Gasteiger partial charge in [0.15, 0.2) is 0 Å². The average Bonchev–Trinajstić information content (AvgIpc) is 2.71. The summed E-state index contributed by atoms with van der Waals surface area (Å²) >= 11 is 0. The van der Waals surface area contributed by atoms with Gasteiger partial charge < -0.3 is 0 Å². The molecule has 5 heteroatoms. The fraction of sp³-hybridized carbons (Fsp3) is 0. The molecule has 0 N–H and O–H groups in total. The van der Waals surface area contributed by atoms with E-state index in [1.807, 2.05) is 6.07 Å². The monoisotopic (exact) mass is 171 g/mol. The van der Waals surface area contributed by atoms with Crippen LogP contribution in [0.25, 0.3) is 5.69 Å². The predicted octanol–water partition coefficient (Wildman–Crippen LogP) is 0.534. The molecule has 0 aliphatic carbocycles. The Morgan fingerprint density at radius 2 is 2.00 bits per heavy atom. The van der Waals surface area contributed by atoms with Gasteiger partial charge in [0.2, 0.25) is 0 Å². The summed E-state index contributed by atoms with van der Waals surface area (Å²) in [4.78, 5) is 5.33. The Kier molecular flexibility index (Phi) is 1.73. The third kappa shape index (κ3) is 1.37. The second kappa shape index (κ2) is 3.03. The number of nitrogens with zero attached hydrogens (tertiary/aromatic N) is 5. The Balaban J connectivity index is 2.40. The number of pyridine rings is 1. The number of nitriles is 1. The maximum Gasteiger partial charge on any atom is 0.140 e. The maximum atomic E-state index is 8.51. The van der Waals surface area contributed by atoms with Gasteiger partial charge in [-0.25, -0.2) is 4.98 Å². The van der Waals surface area contributed by atoms with Crippen molar-refractivity contribution >= 4 is 0 Å². The minimum Gasteiger partial charge on any atom is -0.243 e. The van der Waals surface area contributed by atoms with Crippen LogP contribution in [0.3, 0.4) is 0 Å². The molecule has 0 aromatic carbocycles. The van der Waals surface area contributed by atoms with E-state index >= 15 is 0 Å². The van der Waals surface area contributed by atoms with Gasteiger partial charge in [-0.3, -0.25) is 0 Å². The molecule has 0 saturated heterocycles. The number of aromatic nitrogens is 4. The Labute approximate surface area is 74.3 Å². The van der Waals surface area contributed by atoms with E-state index in [9.17, 15) is 0 Å². The molecule has 0 aliphatic heterocycles. The van der Waals surface area contributed by atoms with Gasteiger partial charge in [-0.1, -0.05) is 0 Å². The minimum atomic E-state index is 0.385. The Morgan fingerprint density at radius 3 is 2.54 bits per heavy atom. The van der Waals surface area contributed by atoms with Crippen LogP contribution in [0.1, 0.15) is 5.69 Å². The highest BCUT2D eigenvalue weighted by Crippen LogP contribution is 2.02. The molecule has 5 nitrogen and oxygen atoms in total. The van der Waals surface area contributed by atoms with Crippen LogP contribution in [0.4, 0.5) is 0 Å². The molecule has 0 spiro atoms. The van der Waals surface area contributed by atoms with Gasteiger partial charge in [-0.05, 0) is 12.1 Å². The van der Waals surface area contributed by atoms with Gasteiger partial charge in [-0.2, -0.15) is 20.3 Å². The van der Waals surface area contributed by atoms with E-state index in [-0.39, 0.29) is 0 Å². The fourth-order valence-corrected chi connectivity index (χ4v) is 0.920. The molecule has 0 atom stereocenters. The Hall–Kier alpha value is -2.22. The lowest BCUT2D eigenvalue weighted by atomic mass is 10.3. The predicted molar refractivity (Wildman–Crippen MR) is 43.9 cm³/mol. The van der Waals surface area contributed by atoms with Crippen molar-refractivity contribution in [2.24, 2.45) is 0 Å². The average molecular weight is 171 g/mol. The maximum absolute atomic E-state index is 8.51. The third-order valence-electron chi connectivity index (χ3n) is 1.51. The van der Waals surface area contributed by atoms with Crippen molar-refractivity contribution in [2.75, 3.05) is 0 Å². The Bertz CT molecular complexity index is 423. The van der Waals surface area contributed by atoms with Crippen LogP contribution >= 0.6 is 0 Å². The molecular weight excluding hydrogens is 166 g/mol. The van der Waals surface area contributed by atoms with Crippen LogP contribution in [-0.2, 0) is 0 Å². The van der Waals surface area contributed by atoms with Gasteiger partial charge in [0.05, 0.1) is 18.6 Å². The van der Waals surface area contributed by atoms with Crippen molar-refractivity contribution in [1.82, 2.24) is 20.0 Å². The van der Waals surface area contributed by atoms with E-state index in [0.717, 1.165) is 5.69 Å². The van der Waals surface area contributed by atoms with Crippen molar-refractivity contribution < 1.29 is 0 Å². The van der Waals surface area contributed by atoms with Crippen molar-refractivity contribution in [3.8, 4) is 11.8 Å². The number of rotatable bonds is 1. The largest absolute Gasteiger partial charge is 0.243 e. The third-order valence-corrected chi connectivity index (χ3v) is 1.51. The lowest BCUT2D eigenvalue weighted by Crippen LogP contribution is -1.98. The van der Waals surface area contributed by atoms with Crippen molar-refractivity contribution in [2.45, 2.75) is 0 Å². The molecule has 0 radical (unpaired) electrons. The van der Waals surface area contributed by atoms with E-state index in [1.165, 1.54) is 4.80 Å². The van der Waals surface area contributed by atoms with Gasteiger partial charge in [0.25, 0.3) is 0 Å². The lowest BCUT2D eigenvalue weighted by molar-refractivity contribution is 0.748. The molecular formula is C8H5N5. The summed E-state index contributed by atoms with van der Waals surface area (Å²) in [7, 11) is 0. The minimum absolute atomic E-state index is 0.385. The van der Waals surface area contributed by atoms with Crippen molar-refractivity contribution in [3.05, 3.63) is 36.4 Å². The first-order valence-corrected chi connectivity index (χ1v) is 3.63. The SMILES string of the molecule is N#Cc1ccc(-n2nccn2)cn1. The highest BCUT2D eigenvalue weighted by Gasteiger charge is 1.97. The molecule has 0 unspecified atom stereocenters. The van der Waals surface area contributed by atoms with E-state index < -0.39 is 0 Å². The summed E-state index contributed by atoms with van der Waals surface area (Å²) < 4.78 is 0. The van der Waals surface area contributed by atoms with Crippen LogP contribution in [-0.4, -0.2) is 20.0 Å². The summed E-state index contributed by atoms with van der Waals surface area (Å²) in [6.45, 7) is 0. The first-order valence-electron chi connectivity index (χ1n) is 3.63. The lowest BCUT2D eigenvalue weighted by Gasteiger charge is -1.96. The summed E-state index contributed by atoms with van der Waals surface area (Å²) in [5, 5.41) is 16.4. The molecule has 0 aliphatic rings. The number of hydrogen-bond donors (Lipinski definition) is 0. The molecule has 62 valence electrons. The summed E-state index contributed by atoms with van der Waals surface area (Å²) in [6, 6.07) is 5.30. The zero-order chi connectivity index (χ0) is 9.10. The number of hydrogen-bond acceptors (Lipinski definition) is 4.